The van der Waals surface area contributed by atoms with Crippen molar-refractivity contribution in [1.82, 2.24) is 5.32 Å². The van der Waals surface area contributed by atoms with Crippen molar-refractivity contribution in [3.05, 3.63) is 23.8 Å². The number of carboxylic acids is 1. The van der Waals surface area contributed by atoms with Gasteiger partial charge in [-0.05, 0) is 12.1 Å². The fourth-order valence-corrected chi connectivity index (χ4v) is 2.11. The van der Waals surface area contributed by atoms with E-state index in [9.17, 15) is 24.9 Å². The number of carboxylic acid groups (broad SMARTS) is 1. The van der Waals surface area contributed by atoms with Gasteiger partial charge < -0.3 is 25.4 Å². The van der Waals surface area contributed by atoms with E-state index in [0.717, 1.165) is 0 Å². The topological polar surface area (TPSA) is 116 Å². The minimum Gasteiger partial charge on any atom is -0.504 e. The standard InChI is InChI=1S/C13H15NO6/c15-9-3-1-2-8(10(9)16)11(17)14-13(12(18)19)4-6-20-7-5-13/h1-3,15-16H,4-7H2,(H,14,17)(H,18,19). The molecule has 1 heterocycles. The minimum absolute atomic E-state index is 0.146. The lowest BCUT2D eigenvalue weighted by molar-refractivity contribution is -0.148. The average molecular weight is 281 g/mol. The number of benzene rings is 1. The van der Waals surface area contributed by atoms with Gasteiger partial charge in [0.05, 0.1) is 5.56 Å². The summed E-state index contributed by atoms with van der Waals surface area (Å²) in [6.45, 7) is 0.469. The largest absolute Gasteiger partial charge is 0.504 e. The number of rotatable bonds is 3. The molecule has 1 aromatic carbocycles. The van der Waals surface area contributed by atoms with Gasteiger partial charge in [0.25, 0.3) is 5.91 Å². The summed E-state index contributed by atoms with van der Waals surface area (Å²) in [6.07, 6.45) is 0.293. The Morgan fingerprint density at radius 3 is 2.45 bits per heavy atom. The van der Waals surface area contributed by atoms with Crippen LogP contribution in [0.5, 0.6) is 11.5 Å². The quantitative estimate of drug-likeness (QED) is 0.598. The van der Waals surface area contributed by atoms with Crippen LogP contribution in [-0.2, 0) is 9.53 Å². The van der Waals surface area contributed by atoms with Gasteiger partial charge in [0, 0.05) is 26.1 Å². The summed E-state index contributed by atoms with van der Waals surface area (Å²) >= 11 is 0. The van der Waals surface area contributed by atoms with Crippen LogP contribution < -0.4 is 5.32 Å². The van der Waals surface area contributed by atoms with Gasteiger partial charge in [0.2, 0.25) is 0 Å². The first-order valence-electron chi connectivity index (χ1n) is 6.11. The molecule has 1 amide bonds. The second kappa shape index (κ2) is 5.38. The normalized spacial score (nSPS) is 17.4. The molecule has 4 N–H and O–H groups in total. The van der Waals surface area contributed by atoms with E-state index in [1.54, 1.807) is 0 Å². The number of hydrogen-bond acceptors (Lipinski definition) is 5. The molecule has 7 nitrogen and oxygen atoms in total. The number of hydrogen-bond donors (Lipinski definition) is 4. The monoisotopic (exact) mass is 281 g/mol. The molecule has 20 heavy (non-hydrogen) atoms. The van der Waals surface area contributed by atoms with Crippen LogP contribution in [0, 0.1) is 0 Å². The first-order valence-corrected chi connectivity index (χ1v) is 6.11. The van der Waals surface area contributed by atoms with Crippen LogP contribution in [0.15, 0.2) is 18.2 Å². The maximum atomic E-state index is 12.1. The lowest BCUT2D eigenvalue weighted by Gasteiger charge is -2.33. The number of amides is 1. The zero-order valence-electron chi connectivity index (χ0n) is 10.6. The molecule has 108 valence electrons. The van der Waals surface area contributed by atoms with Crippen molar-refractivity contribution in [2.24, 2.45) is 0 Å². The lowest BCUT2D eigenvalue weighted by Crippen LogP contribution is -2.57. The number of phenols is 2. The summed E-state index contributed by atoms with van der Waals surface area (Å²) in [5.74, 6) is -2.90. The van der Waals surface area contributed by atoms with Crippen LogP contribution in [0.4, 0.5) is 0 Å². The molecule has 1 aliphatic heterocycles. The van der Waals surface area contributed by atoms with Crippen LogP contribution in [-0.4, -0.2) is 45.9 Å². The molecule has 1 aliphatic rings. The highest BCUT2D eigenvalue weighted by molar-refractivity contribution is 6.00. The highest BCUT2D eigenvalue weighted by Crippen LogP contribution is 2.29. The number of aliphatic carboxylic acids is 1. The average Bonchev–Trinajstić information content (AvgIpc) is 2.42. The zero-order chi connectivity index (χ0) is 14.8. The highest BCUT2D eigenvalue weighted by Gasteiger charge is 2.42. The summed E-state index contributed by atoms with van der Waals surface area (Å²) in [6, 6.07) is 3.92. The summed E-state index contributed by atoms with van der Waals surface area (Å²) < 4.78 is 5.10. The van der Waals surface area contributed by atoms with Crippen LogP contribution in [0.25, 0.3) is 0 Å². The fraction of sp³-hybridized carbons (Fsp3) is 0.385. The molecule has 1 saturated heterocycles. The Morgan fingerprint density at radius 2 is 1.85 bits per heavy atom. The molecule has 1 aromatic rings. The number of para-hydroxylation sites is 1. The maximum absolute atomic E-state index is 12.1. The number of ether oxygens (including phenoxy) is 1. The zero-order valence-corrected chi connectivity index (χ0v) is 10.6. The Hall–Kier alpha value is -2.28. The smallest absolute Gasteiger partial charge is 0.329 e. The van der Waals surface area contributed by atoms with Gasteiger partial charge in [-0.3, -0.25) is 4.79 Å². The van der Waals surface area contributed by atoms with Crippen molar-refractivity contribution in [3.8, 4) is 11.5 Å². The van der Waals surface area contributed by atoms with Gasteiger partial charge >= 0.3 is 5.97 Å². The molecule has 0 radical (unpaired) electrons. The number of nitrogens with one attached hydrogen (secondary N) is 1. The third kappa shape index (κ3) is 2.53. The molecular weight excluding hydrogens is 266 g/mol. The van der Waals surface area contributed by atoms with Gasteiger partial charge in [-0.15, -0.1) is 0 Å². The van der Waals surface area contributed by atoms with E-state index in [4.69, 9.17) is 4.74 Å². The highest BCUT2D eigenvalue weighted by atomic mass is 16.5. The second-order valence-electron chi connectivity index (χ2n) is 4.63. The molecule has 0 atom stereocenters. The molecule has 0 bridgehead atoms. The Labute approximate surface area is 114 Å². The molecule has 7 heteroatoms. The Bertz CT molecular complexity index is 536. The number of phenolic OH excluding ortho intramolecular Hbond substituents is 2. The van der Waals surface area contributed by atoms with Gasteiger partial charge in [-0.1, -0.05) is 6.07 Å². The van der Waals surface area contributed by atoms with Crippen molar-refractivity contribution in [2.45, 2.75) is 18.4 Å². The van der Waals surface area contributed by atoms with Gasteiger partial charge in [-0.25, -0.2) is 4.79 Å². The predicted molar refractivity (Wildman–Crippen MR) is 67.7 cm³/mol. The maximum Gasteiger partial charge on any atom is 0.329 e. The van der Waals surface area contributed by atoms with Crippen molar-refractivity contribution < 1.29 is 29.6 Å². The molecular formula is C13H15NO6. The summed E-state index contributed by atoms with van der Waals surface area (Å²) in [5, 5.41) is 30.8. The van der Waals surface area contributed by atoms with Crippen molar-refractivity contribution in [1.29, 1.82) is 0 Å². The molecule has 0 spiro atoms. The van der Waals surface area contributed by atoms with Crippen molar-refractivity contribution in [3.63, 3.8) is 0 Å². The molecule has 1 fully saturated rings. The van der Waals surface area contributed by atoms with Gasteiger partial charge in [0.15, 0.2) is 11.5 Å². The van der Waals surface area contributed by atoms with Crippen LogP contribution in [0.3, 0.4) is 0 Å². The Balaban J connectivity index is 2.25. The van der Waals surface area contributed by atoms with E-state index in [1.165, 1.54) is 18.2 Å². The van der Waals surface area contributed by atoms with E-state index in [2.05, 4.69) is 5.32 Å². The number of carbonyl (C=O) groups is 2. The summed E-state index contributed by atoms with van der Waals surface area (Å²) in [7, 11) is 0. The molecule has 0 saturated carbocycles. The molecule has 2 rings (SSSR count). The fourth-order valence-electron chi connectivity index (χ4n) is 2.11. The molecule has 0 unspecified atom stereocenters. The summed E-state index contributed by atoms with van der Waals surface area (Å²) in [4.78, 5) is 23.5. The second-order valence-corrected chi connectivity index (χ2v) is 4.63. The van der Waals surface area contributed by atoms with Crippen LogP contribution >= 0.6 is 0 Å². The first-order chi connectivity index (χ1) is 9.46. The molecule has 0 aromatic heterocycles. The summed E-state index contributed by atoms with van der Waals surface area (Å²) in [5.41, 5.74) is -1.58. The lowest BCUT2D eigenvalue weighted by atomic mass is 9.89. The SMILES string of the molecule is O=C(NC1(C(=O)O)CCOCC1)c1cccc(O)c1O. The van der Waals surface area contributed by atoms with E-state index in [0.29, 0.717) is 0 Å². The van der Waals surface area contributed by atoms with E-state index in [-0.39, 0.29) is 31.6 Å². The van der Waals surface area contributed by atoms with E-state index < -0.39 is 28.9 Å². The van der Waals surface area contributed by atoms with Crippen molar-refractivity contribution >= 4 is 11.9 Å². The predicted octanol–water partition coefficient (Wildman–Crippen LogP) is 0.461. The first kappa shape index (κ1) is 14.1. The Morgan fingerprint density at radius 1 is 1.20 bits per heavy atom. The number of aromatic hydroxyl groups is 2. The van der Waals surface area contributed by atoms with Crippen LogP contribution in [0.2, 0.25) is 0 Å². The van der Waals surface area contributed by atoms with Gasteiger partial charge in [0.1, 0.15) is 5.54 Å². The Kier molecular flexibility index (Phi) is 3.80. The van der Waals surface area contributed by atoms with Crippen LogP contribution in [0.1, 0.15) is 23.2 Å². The van der Waals surface area contributed by atoms with Gasteiger partial charge in [-0.2, -0.15) is 0 Å². The molecule has 0 aliphatic carbocycles. The van der Waals surface area contributed by atoms with E-state index in [1.807, 2.05) is 0 Å². The van der Waals surface area contributed by atoms with E-state index >= 15 is 0 Å². The number of carbonyl (C=O) groups excluding carboxylic acids is 1. The van der Waals surface area contributed by atoms with Crippen molar-refractivity contribution in [2.75, 3.05) is 13.2 Å². The third-order valence-electron chi connectivity index (χ3n) is 3.37. The minimum atomic E-state index is -1.41. The third-order valence-corrected chi connectivity index (χ3v) is 3.37.